The van der Waals surface area contributed by atoms with E-state index in [9.17, 15) is 0 Å². The van der Waals surface area contributed by atoms with E-state index in [0.717, 1.165) is 13.0 Å². The molecule has 2 rings (SSSR count). The number of hydrogen-bond acceptors (Lipinski definition) is 2. The Morgan fingerprint density at radius 2 is 2.06 bits per heavy atom. The zero-order valence-electron chi connectivity index (χ0n) is 11.3. The van der Waals surface area contributed by atoms with Crippen molar-refractivity contribution in [3.8, 4) is 0 Å². The predicted octanol–water partition coefficient (Wildman–Crippen LogP) is 3.06. The maximum atomic E-state index is 3.92. The molecule has 0 aliphatic heterocycles. The normalized spacial score (nSPS) is 27.3. The third kappa shape index (κ3) is 2.94. The Bertz CT molecular complexity index is 390. The van der Waals surface area contributed by atoms with Crippen LogP contribution < -0.4 is 10.6 Å². The molecule has 2 atom stereocenters. The maximum Gasteiger partial charge on any atom is 0.0409 e. The van der Waals surface area contributed by atoms with E-state index in [-0.39, 0.29) is 0 Å². The minimum Gasteiger partial charge on any atom is -0.387 e. The van der Waals surface area contributed by atoms with Gasteiger partial charge < -0.3 is 10.6 Å². The summed E-state index contributed by atoms with van der Waals surface area (Å²) in [7, 11) is 0. The molecule has 2 aliphatic carbocycles. The fraction of sp³-hybridized carbons (Fsp3) is 0.500. The molecule has 0 aromatic rings. The van der Waals surface area contributed by atoms with E-state index in [1.54, 1.807) is 6.20 Å². The van der Waals surface area contributed by atoms with Gasteiger partial charge >= 0.3 is 0 Å². The summed E-state index contributed by atoms with van der Waals surface area (Å²) in [6.45, 7) is 10.8. The Labute approximate surface area is 111 Å². The third-order valence-electron chi connectivity index (χ3n) is 4.03. The highest BCUT2D eigenvalue weighted by atomic mass is 15.0. The Kier molecular flexibility index (Phi) is 4.43. The van der Waals surface area contributed by atoms with Crippen LogP contribution in [0.3, 0.4) is 0 Å². The molecular weight excluding hydrogens is 220 g/mol. The molecule has 18 heavy (non-hydrogen) atoms. The molecule has 1 saturated carbocycles. The van der Waals surface area contributed by atoms with Crippen molar-refractivity contribution in [3.63, 3.8) is 0 Å². The van der Waals surface area contributed by atoms with Gasteiger partial charge in [0.05, 0.1) is 0 Å². The molecule has 1 fully saturated rings. The van der Waals surface area contributed by atoms with Crippen LogP contribution in [0.2, 0.25) is 0 Å². The second-order valence-electron chi connectivity index (χ2n) is 5.29. The second kappa shape index (κ2) is 6.05. The van der Waals surface area contributed by atoms with Crippen LogP contribution in [0.5, 0.6) is 0 Å². The molecule has 2 unspecified atom stereocenters. The summed E-state index contributed by atoms with van der Waals surface area (Å²) in [5.74, 6) is 0. The van der Waals surface area contributed by atoms with Gasteiger partial charge in [0.1, 0.15) is 0 Å². The second-order valence-corrected chi connectivity index (χ2v) is 5.29. The van der Waals surface area contributed by atoms with Gasteiger partial charge in [0.15, 0.2) is 0 Å². The van der Waals surface area contributed by atoms with Crippen molar-refractivity contribution in [1.82, 2.24) is 10.6 Å². The van der Waals surface area contributed by atoms with Crippen molar-refractivity contribution in [3.05, 3.63) is 48.2 Å². The molecule has 2 heteroatoms. The van der Waals surface area contributed by atoms with Gasteiger partial charge in [-0.2, -0.15) is 0 Å². The van der Waals surface area contributed by atoms with Gasteiger partial charge in [-0.05, 0) is 50.0 Å². The lowest BCUT2D eigenvalue weighted by atomic mass is 9.85. The van der Waals surface area contributed by atoms with Crippen molar-refractivity contribution >= 4 is 0 Å². The molecule has 0 heterocycles. The first-order chi connectivity index (χ1) is 8.74. The molecule has 0 bridgehead atoms. The lowest BCUT2D eigenvalue weighted by Gasteiger charge is -2.38. The quantitative estimate of drug-likeness (QED) is 0.750. The summed E-state index contributed by atoms with van der Waals surface area (Å²) in [5, 5.41) is 6.95. The number of nitrogens with one attached hydrogen (secondary N) is 2. The Hall–Kier alpha value is -1.28. The first-order valence-electron chi connectivity index (χ1n) is 6.86. The number of allylic oxidation sites excluding steroid dienone is 3. The van der Waals surface area contributed by atoms with Gasteiger partial charge in [-0.3, -0.25) is 0 Å². The summed E-state index contributed by atoms with van der Waals surface area (Å²) in [6, 6.07) is 1.14. The van der Waals surface area contributed by atoms with Crippen LogP contribution in [0.15, 0.2) is 48.2 Å². The van der Waals surface area contributed by atoms with E-state index < -0.39 is 0 Å². The lowest BCUT2D eigenvalue weighted by Crippen LogP contribution is -2.54. The smallest absolute Gasteiger partial charge is 0.0409 e. The van der Waals surface area contributed by atoms with Gasteiger partial charge in [-0.1, -0.05) is 30.9 Å². The fourth-order valence-electron chi connectivity index (χ4n) is 2.69. The summed E-state index contributed by atoms with van der Waals surface area (Å²) < 4.78 is 0. The van der Waals surface area contributed by atoms with E-state index >= 15 is 0 Å². The van der Waals surface area contributed by atoms with Crippen LogP contribution in [-0.2, 0) is 0 Å². The summed E-state index contributed by atoms with van der Waals surface area (Å²) in [4.78, 5) is 0. The number of rotatable bonds is 6. The fourth-order valence-corrected chi connectivity index (χ4v) is 2.69. The van der Waals surface area contributed by atoms with E-state index in [4.69, 9.17) is 0 Å². The molecule has 0 saturated heterocycles. The van der Waals surface area contributed by atoms with E-state index in [1.807, 2.05) is 6.08 Å². The van der Waals surface area contributed by atoms with Crippen molar-refractivity contribution in [2.24, 2.45) is 0 Å². The van der Waals surface area contributed by atoms with Gasteiger partial charge in [0, 0.05) is 18.6 Å². The van der Waals surface area contributed by atoms with Crippen LogP contribution in [0.25, 0.3) is 0 Å². The zero-order chi connectivity index (χ0) is 13.0. The van der Waals surface area contributed by atoms with Crippen LogP contribution in [-0.4, -0.2) is 18.6 Å². The molecule has 2 N–H and O–H groups in total. The van der Waals surface area contributed by atoms with E-state index in [0.29, 0.717) is 12.1 Å². The largest absolute Gasteiger partial charge is 0.387 e. The molecule has 0 radical (unpaired) electrons. The van der Waals surface area contributed by atoms with Gasteiger partial charge in [-0.25, -0.2) is 0 Å². The van der Waals surface area contributed by atoms with E-state index in [2.05, 4.69) is 36.8 Å². The van der Waals surface area contributed by atoms with E-state index in [1.165, 1.54) is 36.0 Å². The molecule has 0 spiro atoms. The summed E-state index contributed by atoms with van der Waals surface area (Å²) >= 11 is 0. The standard InChI is InChI=1S/C16H24N2/c1-4-13-7-6-12(3)10-14(13)11-18-16-9-8-15(16)17-5-2/h4-5,10,15-18H,1-2,6-9,11H2,3H3. The molecular formula is C16H24N2. The van der Waals surface area contributed by atoms with Crippen LogP contribution in [0.1, 0.15) is 32.6 Å². The molecule has 2 aliphatic rings. The summed E-state index contributed by atoms with van der Waals surface area (Å²) in [6.07, 6.45) is 11.0. The van der Waals surface area contributed by atoms with Gasteiger partial charge in [0.2, 0.25) is 0 Å². The average molecular weight is 244 g/mol. The van der Waals surface area contributed by atoms with Gasteiger partial charge in [-0.15, -0.1) is 0 Å². The Balaban J connectivity index is 1.91. The summed E-state index contributed by atoms with van der Waals surface area (Å²) in [5.41, 5.74) is 4.30. The highest BCUT2D eigenvalue weighted by Gasteiger charge is 2.29. The molecule has 0 aromatic heterocycles. The molecule has 2 nitrogen and oxygen atoms in total. The highest BCUT2D eigenvalue weighted by molar-refractivity contribution is 5.39. The molecule has 98 valence electrons. The van der Waals surface area contributed by atoms with Crippen LogP contribution in [0, 0.1) is 0 Å². The first kappa shape index (κ1) is 13.2. The topological polar surface area (TPSA) is 24.1 Å². The lowest BCUT2D eigenvalue weighted by molar-refractivity contribution is 0.264. The van der Waals surface area contributed by atoms with Crippen molar-refractivity contribution < 1.29 is 0 Å². The minimum absolute atomic E-state index is 0.559. The number of hydrogen-bond donors (Lipinski definition) is 2. The zero-order valence-corrected chi connectivity index (χ0v) is 11.3. The van der Waals surface area contributed by atoms with Crippen molar-refractivity contribution in [1.29, 1.82) is 0 Å². The van der Waals surface area contributed by atoms with Gasteiger partial charge in [0.25, 0.3) is 0 Å². The van der Waals surface area contributed by atoms with Crippen molar-refractivity contribution in [2.75, 3.05) is 6.54 Å². The molecule has 0 aromatic carbocycles. The monoisotopic (exact) mass is 244 g/mol. The van der Waals surface area contributed by atoms with Crippen molar-refractivity contribution in [2.45, 2.75) is 44.7 Å². The Morgan fingerprint density at radius 3 is 2.67 bits per heavy atom. The first-order valence-corrected chi connectivity index (χ1v) is 6.86. The van der Waals surface area contributed by atoms with Crippen LogP contribution in [0.4, 0.5) is 0 Å². The minimum atomic E-state index is 0.559. The SMILES string of the molecule is C=CNC1CCC1NCC1=C(C=C)CCC(C)=C1. The van der Waals surface area contributed by atoms with Crippen LogP contribution >= 0.6 is 0 Å². The average Bonchev–Trinajstić information content (AvgIpc) is 2.35. The Morgan fingerprint density at radius 1 is 1.28 bits per heavy atom. The third-order valence-corrected chi connectivity index (χ3v) is 4.03. The molecule has 0 amide bonds. The predicted molar refractivity (Wildman–Crippen MR) is 78.4 cm³/mol. The maximum absolute atomic E-state index is 3.92. The highest BCUT2D eigenvalue weighted by Crippen LogP contribution is 2.25.